The number of aromatic nitrogens is 1. The van der Waals surface area contributed by atoms with E-state index in [0.29, 0.717) is 16.9 Å². The first kappa shape index (κ1) is 17.9. The van der Waals surface area contributed by atoms with E-state index < -0.39 is 5.97 Å². The van der Waals surface area contributed by atoms with Crippen molar-refractivity contribution >= 4 is 23.4 Å². The topological polar surface area (TPSA) is 74.8 Å². The van der Waals surface area contributed by atoms with Crippen LogP contribution < -0.4 is 5.32 Å². The van der Waals surface area contributed by atoms with E-state index in [1.54, 1.807) is 36.5 Å². The van der Waals surface area contributed by atoms with E-state index in [2.05, 4.69) is 22.2 Å². The molecule has 1 aliphatic rings. The maximum absolute atomic E-state index is 12.5. The third-order valence-corrected chi connectivity index (χ3v) is 4.36. The van der Waals surface area contributed by atoms with Gasteiger partial charge >= 0.3 is 5.97 Å². The average molecular weight is 354 g/mol. The number of anilines is 2. The molecular weight excluding hydrogens is 332 g/mol. The number of amides is 1. The first-order chi connectivity index (χ1) is 12.6. The van der Waals surface area contributed by atoms with Crippen molar-refractivity contribution in [1.29, 1.82) is 0 Å². The zero-order valence-corrected chi connectivity index (χ0v) is 14.9. The lowest BCUT2D eigenvalue weighted by Crippen LogP contribution is -2.47. The van der Waals surface area contributed by atoms with Crippen LogP contribution in [0.5, 0.6) is 0 Å². The number of esters is 1. The predicted octanol–water partition coefficient (Wildman–Crippen LogP) is 2.00. The minimum atomic E-state index is -0.394. The number of carbonyl (C=O) groups is 2. The monoisotopic (exact) mass is 354 g/mol. The molecule has 1 amide bonds. The number of nitrogens with one attached hydrogen (secondary N) is 1. The Bertz CT molecular complexity index is 784. The van der Waals surface area contributed by atoms with Crippen LogP contribution in [0.3, 0.4) is 0 Å². The molecule has 1 N–H and O–H groups in total. The molecule has 7 heteroatoms. The number of methoxy groups -OCH3 is 1. The number of pyridine rings is 1. The van der Waals surface area contributed by atoms with Gasteiger partial charge in [-0.05, 0) is 37.4 Å². The smallest absolute Gasteiger partial charge is 0.337 e. The Morgan fingerprint density at radius 2 is 1.85 bits per heavy atom. The summed E-state index contributed by atoms with van der Waals surface area (Å²) in [6, 6.07) is 10.5. The first-order valence-electron chi connectivity index (χ1n) is 8.46. The van der Waals surface area contributed by atoms with Crippen molar-refractivity contribution in [3.8, 4) is 0 Å². The van der Waals surface area contributed by atoms with Crippen LogP contribution in [0, 0.1) is 0 Å². The van der Waals surface area contributed by atoms with Gasteiger partial charge in [-0.1, -0.05) is 6.07 Å². The molecule has 2 aromatic rings. The van der Waals surface area contributed by atoms with E-state index >= 15 is 0 Å². The van der Waals surface area contributed by atoms with E-state index in [1.165, 1.54) is 7.11 Å². The number of benzene rings is 1. The zero-order chi connectivity index (χ0) is 18.5. The van der Waals surface area contributed by atoms with Crippen LogP contribution in [-0.2, 0) is 4.74 Å². The zero-order valence-electron chi connectivity index (χ0n) is 14.9. The molecule has 136 valence electrons. The van der Waals surface area contributed by atoms with Crippen molar-refractivity contribution in [2.24, 2.45) is 0 Å². The van der Waals surface area contributed by atoms with Crippen molar-refractivity contribution in [2.75, 3.05) is 45.7 Å². The van der Waals surface area contributed by atoms with Crippen molar-refractivity contribution in [3.05, 3.63) is 53.7 Å². The summed E-state index contributed by atoms with van der Waals surface area (Å²) in [6.07, 6.45) is 1.58. The molecule has 0 radical (unpaired) electrons. The normalized spacial score (nSPS) is 14.8. The lowest BCUT2D eigenvalue weighted by atomic mass is 10.2. The summed E-state index contributed by atoms with van der Waals surface area (Å²) in [7, 11) is 3.40. The van der Waals surface area contributed by atoms with E-state index in [9.17, 15) is 9.59 Å². The molecule has 7 nitrogen and oxygen atoms in total. The number of hydrogen-bond donors (Lipinski definition) is 1. The van der Waals surface area contributed by atoms with Gasteiger partial charge in [0.2, 0.25) is 0 Å². The Morgan fingerprint density at radius 1 is 1.08 bits per heavy atom. The van der Waals surface area contributed by atoms with Gasteiger partial charge in [0, 0.05) is 38.1 Å². The van der Waals surface area contributed by atoms with Gasteiger partial charge < -0.3 is 19.9 Å². The summed E-state index contributed by atoms with van der Waals surface area (Å²) in [4.78, 5) is 32.5. The third kappa shape index (κ3) is 4.18. The minimum Gasteiger partial charge on any atom is -0.465 e. The molecule has 0 bridgehead atoms. The molecule has 1 fully saturated rings. The van der Waals surface area contributed by atoms with Crippen LogP contribution >= 0.6 is 0 Å². The molecule has 1 saturated heterocycles. The van der Waals surface area contributed by atoms with Crippen molar-refractivity contribution in [3.63, 3.8) is 0 Å². The highest BCUT2D eigenvalue weighted by Crippen LogP contribution is 2.17. The van der Waals surface area contributed by atoms with Gasteiger partial charge in [-0.3, -0.25) is 4.79 Å². The summed E-state index contributed by atoms with van der Waals surface area (Å²) < 4.78 is 4.72. The number of carbonyl (C=O) groups excluding carboxylic acids is 2. The maximum atomic E-state index is 12.5. The standard InChI is InChI=1S/C19H22N4O3/c1-22-8-10-23(11-9-22)18(24)15-6-7-17(20-13-15)21-16-5-3-4-14(12-16)19(25)26-2/h3-7,12-13H,8-11H2,1-2H3,(H,20,21). The summed E-state index contributed by atoms with van der Waals surface area (Å²) >= 11 is 0. The summed E-state index contributed by atoms with van der Waals surface area (Å²) in [5, 5.41) is 3.12. The van der Waals surface area contributed by atoms with Crippen LogP contribution in [0.1, 0.15) is 20.7 Å². The highest BCUT2D eigenvalue weighted by Gasteiger charge is 2.20. The van der Waals surface area contributed by atoms with Gasteiger partial charge in [-0.2, -0.15) is 0 Å². The molecule has 3 rings (SSSR count). The number of ether oxygens (including phenoxy) is 1. The Morgan fingerprint density at radius 3 is 2.50 bits per heavy atom. The van der Waals surface area contributed by atoms with Crippen molar-refractivity contribution < 1.29 is 14.3 Å². The number of nitrogens with zero attached hydrogens (tertiary/aromatic N) is 3. The van der Waals surface area contributed by atoms with Crippen LogP contribution in [-0.4, -0.2) is 67.0 Å². The number of piperazine rings is 1. The van der Waals surface area contributed by atoms with Gasteiger partial charge in [0.1, 0.15) is 5.82 Å². The number of rotatable bonds is 4. The SMILES string of the molecule is COC(=O)c1cccc(Nc2ccc(C(=O)N3CCN(C)CC3)cn2)c1. The maximum Gasteiger partial charge on any atom is 0.337 e. The lowest BCUT2D eigenvalue weighted by Gasteiger charge is -2.32. The molecule has 0 spiro atoms. The van der Waals surface area contributed by atoms with Gasteiger partial charge in [0.05, 0.1) is 18.2 Å². The fourth-order valence-electron chi connectivity index (χ4n) is 2.78. The summed E-state index contributed by atoms with van der Waals surface area (Å²) in [5.41, 5.74) is 1.75. The van der Waals surface area contributed by atoms with Crippen LogP contribution in [0.15, 0.2) is 42.6 Å². The Kier molecular flexibility index (Phi) is 5.48. The van der Waals surface area contributed by atoms with Gasteiger partial charge in [0.15, 0.2) is 0 Å². The molecule has 26 heavy (non-hydrogen) atoms. The van der Waals surface area contributed by atoms with Crippen molar-refractivity contribution in [2.45, 2.75) is 0 Å². The molecule has 0 saturated carbocycles. The molecular formula is C19H22N4O3. The second-order valence-electron chi connectivity index (χ2n) is 6.22. The van der Waals surface area contributed by atoms with E-state index in [-0.39, 0.29) is 5.91 Å². The lowest BCUT2D eigenvalue weighted by molar-refractivity contribution is 0.0600. The van der Waals surface area contributed by atoms with E-state index in [1.807, 2.05) is 11.0 Å². The Balaban J connectivity index is 1.66. The highest BCUT2D eigenvalue weighted by molar-refractivity contribution is 5.94. The summed E-state index contributed by atoms with van der Waals surface area (Å²) in [5.74, 6) is 0.210. The fraction of sp³-hybridized carbons (Fsp3) is 0.316. The van der Waals surface area contributed by atoms with Crippen LogP contribution in [0.25, 0.3) is 0 Å². The molecule has 1 aromatic carbocycles. The fourth-order valence-corrected chi connectivity index (χ4v) is 2.78. The second-order valence-corrected chi connectivity index (χ2v) is 6.22. The van der Waals surface area contributed by atoms with Gasteiger partial charge in [0.25, 0.3) is 5.91 Å². The highest BCUT2D eigenvalue weighted by atomic mass is 16.5. The molecule has 0 aliphatic carbocycles. The van der Waals surface area contributed by atoms with E-state index in [4.69, 9.17) is 4.74 Å². The number of likely N-dealkylation sites (N-methyl/N-ethyl adjacent to an activating group) is 1. The third-order valence-electron chi connectivity index (χ3n) is 4.36. The molecule has 1 aliphatic heterocycles. The quantitative estimate of drug-likeness (QED) is 0.847. The minimum absolute atomic E-state index is 0.00448. The molecule has 1 aromatic heterocycles. The Hall–Kier alpha value is -2.93. The molecule has 2 heterocycles. The van der Waals surface area contributed by atoms with Crippen LogP contribution in [0.2, 0.25) is 0 Å². The largest absolute Gasteiger partial charge is 0.465 e. The predicted molar refractivity (Wildman–Crippen MR) is 98.7 cm³/mol. The van der Waals surface area contributed by atoms with Crippen molar-refractivity contribution in [1.82, 2.24) is 14.8 Å². The average Bonchev–Trinajstić information content (AvgIpc) is 2.68. The first-order valence-corrected chi connectivity index (χ1v) is 8.46. The second kappa shape index (κ2) is 7.97. The summed E-state index contributed by atoms with van der Waals surface area (Å²) in [6.45, 7) is 3.23. The molecule has 0 unspecified atom stereocenters. The van der Waals surface area contributed by atoms with E-state index in [0.717, 1.165) is 31.9 Å². The van der Waals surface area contributed by atoms with Gasteiger partial charge in [-0.25, -0.2) is 9.78 Å². The number of hydrogen-bond acceptors (Lipinski definition) is 6. The Labute approximate surface area is 152 Å². The molecule has 0 atom stereocenters. The van der Waals surface area contributed by atoms with Crippen LogP contribution in [0.4, 0.5) is 11.5 Å². The van der Waals surface area contributed by atoms with Gasteiger partial charge in [-0.15, -0.1) is 0 Å².